The summed E-state index contributed by atoms with van der Waals surface area (Å²) < 4.78 is 5.52. The minimum Gasteiger partial charge on any atom is -0.492 e. The van der Waals surface area contributed by atoms with Crippen LogP contribution in [0.5, 0.6) is 5.75 Å². The Hall–Kier alpha value is -3.06. The van der Waals surface area contributed by atoms with E-state index in [-0.39, 0.29) is 19.7 Å². The van der Waals surface area contributed by atoms with E-state index in [1.54, 1.807) is 31.2 Å². The van der Waals surface area contributed by atoms with Crippen molar-refractivity contribution in [2.75, 3.05) is 19.7 Å². The summed E-state index contributed by atoms with van der Waals surface area (Å²) in [5, 5.41) is 6.04. The molecule has 4 amide bonds. The van der Waals surface area contributed by atoms with E-state index in [1.807, 2.05) is 18.2 Å². The largest absolute Gasteiger partial charge is 0.492 e. The van der Waals surface area contributed by atoms with Gasteiger partial charge in [0.2, 0.25) is 5.91 Å². The molecule has 1 heterocycles. The molecule has 2 aromatic rings. The highest BCUT2D eigenvalue weighted by molar-refractivity contribution is 6.30. The third-order valence-electron chi connectivity index (χ3n) is 5.76. The fourth-order valence-corrected chi connectivity index (χ4v) is 4.13. The number of benzene rings is 2. The first-order valence-electron chi connectivity index (χ1n) is 10.3. The van der Waals surface area contributed by atoms with Crippen LogP contribution in [0.2, 0.25) is 5.02 Å². The quantitative estimate of drug-likeness (QED) is 0.511. The average Bonchev–Trinajstić information content (AvgIpc) is 3.31. The van der Waals surface area contributed by atoms with Crippen molar-refractivity contribution in [1.82, 2.24) is 15.5 Å². The first kappa shape index (κ1) is 21.2. The number of halogens is 1. The molecule has 1 fully saturated rings. The number of urea groups is 1. The summed E-state index contributed by atoms with van der Waals surface area (Å²) in [7, 11) is 0. The van der Waals surface area contributed by atoms with E-state index in [0.29, 0.717) is 10.8 Å². The number of carbonyl (C=O) groups excluding carboxylic acids is 3. The number of amides is 4. The van der Waals surface area contributed by atoms with Crippen molar-refractivity contribution in [3.63, 3.8) is 0 Å². The lowest BCUT2D eigenvalue weighted by Gasteiger charge is -2.23. The number of fused-ring (bicyclic) bond motifs is 1. The van der Waals surface area contributed by atoms with Crippen LogP contribution in [0.3, 0.4) is 0 Å². The molecule has 2 N–H and O–H groups in total. The van der Waals surface area contributed by atoms with Crippen molar-refractivity contribution >= 4 is 29.4 Å². The Balaban J connectivity index is 1.32. The van der Waals surface area contributed by atoms with E-state index in [2.05, 4.69) is 10.6 Å². The third-order valence-corrected chi connectivity index (χ3v) is 6.01. The Morgan fingerprint density at radius 3 is 2.68 bits per heavy atom. The zero-order valence-corrected chi connectivity index (χ0v) is 18.0. The van der Waals surface area contributed by atoms with Gasteiger partial charge in [-0.05, 0) is 67.1 Å². The maximum absolute atomic E-state index is 13.0. The number of nitrogens with zero attached hydrogens (tertiary/aromatic N) is 1. The lowest BCUT2D eigenvalue weighted by atomic mass is 9.89. The highest BCUT2D eigenvalue weighted by Gasteiger charge is 2.49. The number of imide groups is 1. The molecule has 31 heavy (non-hydrogen) atoms. The molecule has 1 aliphatic heterocycles. The Bertz CT molecular complexity index is 1020. The Morgan fingerprint density at radius 2 is 1.90 bits per heavy atom. The number of rotatable bonds is 7. The van der Waals surface area contributed by atoms with Crippen molar-refractivity contribution in [2.45, 2.75) is 31.7 Å². The summed E-state index contributed by atoms with van der Waals surface area (Å²) >= 11 is 5.83. The molecule has 7 nitrogen and oxygen atoms in total. The summed E-state index contributed by atoms with van der Waals surface area (Å²) in [6, 6.07) is 12.2. The number of aryl methyl sites for hydroxylation is 2. The van der Waals surface area contributed by atoms with Gasteiger partial charge in [0.15, 0.2) is 0 Å². The van der Waals surface area contributed by atoms with Crippen molar-refractivity contribution in [3.8, 4) is 5.75 Å². The third kappa shape index (κ3) is 4.37. The monoisotopic (exact) mass is 441 g/mol. The predicted molar refractivity (Wildman–Crippen MR) is 116 cm³/mol. The van der Waals surface area contributed by atoms with E-state index in [9.17, 15) is 14.4 Å². The topological polar surface area (TPSA) is 87.7 Å². The fourth-order valence-electron chi connectivity index (χ4n) is 4.01. The number of hydrogen-bond donors (Lipinski definition) is 2. The molecular formula is C23H24ClN3O4. The molecule has 2 aliphatic rings. The molecule has 2 aromatic carbocycles. The zero-order chi connectivity index (χ0) is 22.0. The van der Waals surface area contributed by atoms with Gasteiger partial charge in [-0.1, -0.05) is 29.8 Å². The van der Waals surface area contributed by atoms with Gasteiger partial charge in [0, 0.05) is 5.02 Å². The van der Waals surface area contributed by atoms with Crippen LogP contribution in [-0.2, 0) is 28.0 Å². The molecule has 1 atom stereocenters. The van der Waals surface area contributed by atoms with E-state index < -0.39 is 23.4 Å². The van der Waals surface area contributed by atoms with Gasteiger partial charge in [-0.2, -0.15) is 0 Å². The summed E-state index contributed by atoms with van der Waals surface area (Å²) in [6.07, 6.45) is 3.12. The second kappa shape index (κ2) is 8.59. The van der Waals surface area contributed by atoms with Crippen molar-refractivity contribution in [3.05, 3.63) is 64.2 Å². The first-order valence-corrected chi connectivity index (χ1v) is 10.7. The minimum atomic E-state index is -1.17. The van der Waals surface area contributed by atoms with Crippen LogP contribution in [0, 0.1) is 0 Å². The van der Waals surface area contributed by atoms with Gasteiger partial charge >= 0.3 is 6.03 Å². The highest BCUT2D eigenvalue weighted by atomic mass is 35.5. The maximum atomic E-state index is 13.0. The van der Waals surface area contributed by atoms with Crippen LogP contribution in [0.1, 0.15) is 30.0 Å². The highest BCUT2D eigenvalue weighted by Crippen LogP contribution is 2.32. The summed E-state index contributed by atoms with van der Waals surface area (Å²) in [5.41, 5.74) is 2.08. The summed E-state index contributed by atoms with van der Waals surface area (Å²) in [6.45, 7) is 1.83. The Labute approximate surface area is 185 Å². The van der Waals surface area contributed by atoms with Crippen LogP contribution >= 0.6 is 11.6 Å². The van der Waals surface area contributed by atoms with E-state index >= 15 is 0 Å². The molecule has 0 radical (unpaired) electrons. The van der Waals surface area contributed by atoms with E-state index in [4.69, 9.17) is 16.3 Å². The molecule has 8 heteroatoms. The molecule has 0 saturated carbocycles. The molecule has 1 saturated heterocycles. The second-order valence-corrected chi connectivity index (χ2v) is 8.37. The van der Waals surface area contributed by atoms with Gasteiger partial charge < -0.3 is 15.4 Å². The molecule has 1 aliphatic carbocycles. The molecule has 1 unspecified atom stereocenters. The van der Waals surface area contributed by atoms with Gasteiger partial charge in [-0.15, -0.1) is 0 Å². The fraction of sp³-hybridized carbons (Fsp3) is 0.348. The summed E-state index contributed by atoms with van der Waals surface area (Å²) in [5.74, 6) is -0.220. The lowest BCUT2D eigenvalue weighted by Crippen LogP contribution is -2.43. The smallest absolute Gasteiger partial charge is 0.325 e. The molecular weight excluding hydrogens is 418 g/mol. The number of ether oxygens (including phenoxy) is 1. The Kier molecular flexibility index (Phi) is 5.87. The van der Waals surface area contributed by atoms with Gasteiger partial charge in [0.25, 0.3) is 5.91 Å². The predicted octanol–water partition coefficient (Wildman–Crippen LogP) is 2.79. The van der Waals surface area contributed by atoms with E-state index in [0.717, 1.165) is 29.7 Å². The molecule has 0 aromatic heterocycles. The van der Waals surface area contributed by atoms with Crippen LogP contribution in [0.25, 0.3) is 0 Å². The van der Waals surface area contributed by atoms with E-state index in [1.165, 1.54) is 11.1 Å². The average molecular weight is 442 g/mol. The first-order chi connectivity index (χ1) is 14.9. The van der Waals surface area contributed by atoms with Gasteiger partial charge in [-0.3, -0.25) is 14.5 Å². The number of nitrogens with one attached hydrogen (secondary N) is 2. The standard InChI is InChI=1S/C23H24ClN3O4/c1-23(17-6-5-15-3-2-4-16(15)13-17)21(29)27(22(30)26-23)14-20(28)25-11-12-31-19-9-7-18(24)8-10-19/h5-10,13H,2-4,11-12,14H2,1H3,(H,25,28)(H,26,30). The van der Waals surface area contributed by atoms with Crippen LogP contribution in [-0.4, -0.2) is 42.4 Å². The SMILES string of the molecule is CC1(c2ccc3c(c2)CCC3)NC(=O)N(CC(=O)NCCOc2ccc(Cl)cc2)C1=O. The van der Waals surface area contributed by atoms with Crippen molar-refractivity contribution in [2.24, 2.45) is 0 Å². The molecule has 0 spiro atoms. The zero-order valence-electron chi connectivity index (χ0n) is 17.2. The molecule has 162 valence electrons. The van der Waals surface area contributed by atoms with Gasteiger partial charge in [-0.25, -0.2) is 4.79 Å². The number of carbonyl (C=O) groups is 3. The Morgan fingerprint density at radius 1 is 1.16 bits per heavy atom. The maximum Gasteiger partial charge on any atom is 0.325 e. The van der Waals surface area contributed by atoms with Gasteiger partial charge in [0.05, 0.1) is 6.54 Å². The second-order valence-electron chi connectivity index (χ2n) is 7.94. The van der Waals surface area contributed by atoms with Crippen LogP contribution in [0.15, 0.2) is 42.5 Å². The minimum absolute atomic E-state index is 0.243. The molecule has 0 bridgehead atoms. The van der Waals surface area contributed by atoms with Crippen LogP contribution in [0.4, 0.5) is 4.79 Å². The number of hydrogen-bond acceptors (Lipinski definition) is 4. The summed E-state index contributed by atoms with van der Waals surface area (Å²) in [4.78, 5) is 38.8. The van der Waals surface area contributed by atoms with Crippen molar-refractivity contribution in [1.29, 1.82) is 0 Å². The van der Waals surface area contributed by atoms with Crippen molar-refractivity contribution < 1.29 is 19.1 Å². The lowest BCUT2D eigenvalue weighted by molar-refractivity contribution is -0.134. The van der Waals surface area contributed by atoms with Crippen LogP contribution < -0.4 is 15.4 Å². The van der Waals surface area contributed by atoms with Gasteiger partial charge in [0.1, 0.15) is 24.4 Å². The normalized spacial score (nSPS) is 19.9. The molecule has 4 rings (SSSR count).